The third-order valence-electron chi connectivity index (χ3n) is 2.45. The molecular formula is C11H14BrN5. The van der Waals surface area contributed by atoms with Gasteiger partial charge in [-0.1, -0.05) is 0 Å². The van der Waals surface area contributed by atoms with Gasteiger partial charge in [-0.2, -0.15) is 10.1 Å². The summed E-state index contributed by atoms with van der Waals surface area (Å²) in [6.45, 7) is 3.96. The second kappa shape index (κ2) is 4.44. The molecule has 0 aromatic carbocycles. The van der Waals surface area contributed by atoms with E-state index in [9.17, 15) is 0 Å². The lowest BCUT2D eigenvalue weighted by Crippen LogP contribution is -2.14. The van der Waals surface area contributed by atoms with E-state index in [1.54, 1.807) is 6.20 Å². The van der Waals surface area contributed by atoms with Gasteiger partial charge in [0.25, 0.3) is 0 Å². The lowest BCUT2D eigenvalue weighted by atomic mass is 10.4. The molecule has 90 valence electrons. The molecule has 5 nitrogen and oxygen atoms in total. The number of anilines is 1. The van der Waals surface area contributed by atoms with E-state index in [1.807, 2.05) is 43.6 Å². The van der Waals surface area contributed by atoms with Crippen LogP contribution in [0.25, 0.3) is 5.82 Å². The number of nitrogens with zero attached hydrogens (tertiary/aromatic N) is 5. The molecule has 6 heteroatoms. The number of hydrogen-bond acceptors (Lipinski definition) is 4. The van der Waals surface area contributed by atoms with Gasteiger partial charge >= 0.3 is 0 Å². The first-order valence-electron chi connectivity index (χ1n) is 5.23. The van der Waals surface area contributed by atoms with Crippen LogP contribution in [0.4, 0.5) is 5.95 Å². The summed E-state index contributed by atoms with van der Waals surface area (Å²) in [4.78, 5) is 10.5. The number of aromatic nitrogens is 4. The summed E-state index contributed by atoms with van der Waals surface area (Å²) in [5.74, 6) is 1.45. The molecule has 0 aliphatic carbocycles. The molecule has 0 aliphatic heterocycles. The summed E-state index contributed by atoms with van der Waals surface area (Å²) in [7, 11) is 3.83. The maximum absolute atomic E-state index is 4.45. The summed E-state index contributed by atoms with van der Waals surface area (Å²) in [6, 6.07) is 1.85. The molecule has 2 aromatic heterocycles. The highest BCUT2D eigenvalue weighted by Gasteiger charge is 2.12. The van der Waals surface area contributed by atoms with Gasteiger partial charge in [-0.25, -0.2) is 9.67 Å². The van der Waals surface area contributed by atoms with Crippen molar-refractivity contribution in [3.05, 3.63) is 28.1 Å². The molecule has 0 bridgehead atoms. The van der Waals surface area contributed by atoms with Crippen molar-refractivity contribution in [1.82, 2.24) is 19.7 Å². The van der Waals surface area contributed by atoms with Gasteiger partial charge in [0.2, 0.25) is 5.95 Å². The predicted octanol–water partition coefficient (Wildman–Crippen LogP) is 2.11. The first-order chi connectivity index (χ1) is 8.00. The number of hydrogen-bond donors (Lipinski definition) is 0. The van der Waals surface area contributed by atoms with E-state index in [-0.39, 0.29) is 0 Å². The quantitative estimate of drug-likeness (QED) is 0.851. The predicted molar refractivity (Wildman–Crippen MR) is 70.7 cm³/mol. The highest BCUT2D eigenvalue weighted by Crippen LogP contribution is 2.22. The Hall–Kier alpha value is -1.43. The average Bonchev–Trinajstić information content (AvgIpc) is 2.57. The van der Waals surface area contributed by atoms with Gasteiger partial charge in [0.1, 0.15) is 0 Å². The van der Waals surface area contributed by atoms with Gasteiger partial charge < -0.3 is 4.90 Å². The zero-order valence-electron chi connectivity index (χ0n) is 10.3. The maximum Gasteiger partial charge on any atom is 0.226 e. The molecule has 0 amide bonds. The Balaban J connectivity index is 2.53. The van der Waals surface area contributed by atoms with Crippen molar-refractivity contribution in [1.29, 1.82) is 0 Å². The van der Waals surface area contributed by atoms with Crippen LogP contribution in [0.3, 0.4) is 0 Å². The molecule has 0 fully saturated rings. The molecule has 17 heavy (non-hydrogen) atoms. The Kier molecular flexibility index (Phi) is 3.15. The van der Waals surface area contributed by atoms with Gasteiger partial charge in [-0.3, -0.25) is 0 Å². The average molecular weight is 296 g/mol. The highest BCUT2D eigenvalue weighted by molar-refractivity contribution is 9.10. The van der Waals surface area contributed by atoms with Gasteiger partial charge in [0.15, 0.2) is 5.82 Å². The molecule has 0 saturated carbocycles. The molecule has 0 atom stereocenters. The van der Waals surface area contributed by atoms with Crippen LogP contribution in [-0.4, -0.2) is 33.8 Å². The lowest BCUT2D eigenvalue weighted by Gasteiger charge is -2.11. The number of aryl methyl sites for hydroxylation is 1. The third-order valence-corrected chi connectivity index (χ3v) is 3.60. The van der Waals surface area contributed by atoms with Crippen LogP contribution in [-0.2, 0) is 0 Å². The summed E-state index contributed by atoms with van der Waals surface area (Å²) in [6.07, 6.45) is 1.74. The van der Waals surface area contributed by atoms with Gasteiger partial charge in [0, 0.05) is 26.4 Å². The van der Waals surface area contributed by atoms with E-state index in [2.05, 4.69) is 31.0 Å². The zero-order valence-corrected chi connectivity index (χ0v) is 11.9. The molecular weight excluding hydrogens is 282 g/mol. The van der Waals surface area contributed by atoms with E-state index in [4.69, 9.17) is 0 Å². The molecule has 0 N–H and O–H groups in total. The normalized spacial score (nSPS) is 10.6. The summed E-state index contributed by atoms with van der Waals surface area (Å²) in [5, 5.41) is 4.44. The fourth-order valence-electron chi connectivity index (χ4n) is 1.52. The Morgan fingerprint density at radius 3 is 2.53 bits per heavy atom. The third kappa shape index (κ3) is 2.17. The molecule has 2 aromatic rings. The Morgan fingerprint density at radius 1 is 1.29 bits per heavy atom. The minimum atomic E-state index is 0.672. The molecule has 2 heterocycles. The second-order valence-electron chi connectivity index (χ2n) is 4.01. The molecule has 0 saturated heterocycles. The standard InChI is InChI=1S/C11H14BrN5/c1-7-10(12)8(2)17(15-7)9-5-6-13-11(14-9)16(3)4/h5-6H,1-4H3. The van der Waals surface area contributed by atoms with Crippen LogP contribution in [0.2, 0.25) is 0 Å². The maximum atomic E-state index is 4.45. The number of halogens is 1. The van der Waals surface area contributed by atoms with Crippen LogP contribution < -0.4 is 4.90 Å². The largest absolute Gasteiger partial charge is 0.347 e. The Morgan fingerprint density at radius 2 is 2.00 bits per heavy atom. The van der Waals surface area contributed by atoms with Crippen LogP contribution in [0, 0.1) is 13.8 Å². The van der Waals surface area contributed by atoms with Crippen molar-refractivity contribution in [3.8, 4) is 5.82 Å². The molecule has 0 spiro atoms. The van der Waals surface area contributed by atoms with Crippen molar-refractivity contribution in [2.24, 2.45) is 0 Å². The monoisotopic (exact) mass is 295 g/mol. The Labute approximate surface area is 109 Å². The SMILES string of the molecule is Cc1nn(-c2ccnc(N(C)C)n2)c(C)c1Br. The van der Waals surface area contributed by atoms with Crippen molar-refractivity contribution < 1.29 is 0 Å². The van der Waals surface area contributed by atoms with Crippen LogP contribution in [0.15, 0.2) is 16.7 Å². The van der Waals surface area contributed by atoms with E-state index < -0.39 is 0 Å². The van der Waals surface area contributed by atoms with Crippen molar-refractivity contribution in [2.45, 2.75) is 13.8 Å². The summed E-state index contributed by atoms with van der Waals surface area (Å²) < 4.78 is 2.83. The van der Waals surface area contributed by atoms with Crippen LogP contribution in [0.5, 0.6) is 0 Å². The lowest BCUT2D eigenvalue weighted by molar-refractivity contribution is 0.796. The molecule has 0 aliphatic rings. The minimum absolute atomic E-state index is 0.672. The molecule has 0 unspecified atom stereocenters. The topological polar surface area (TPSA) is 46.8 Å². The van der Waals surface area contributed by atoms with E-state index in [0.717, 1.165) is 21.7 Å². The van der Waals surface area contributed by atoms with Gasteiger partial charge in [0.05, 0.1) is 15.9 Å². The summed E-state index contributed by atoms with van der Waals surface area (Å²) in [5.41, 5.74) is 1.98. The smallest absolute Gasteiger partial charge is 0.226 e. The number of rotatable bonds is 2. The fourth-order valence-corrected chi connectivity index (χ4v) is 1.77. The fraction of sp³-hybridized carbons (Fsp3) is 0.364. The van der Waals surface area contributed by atoms with Crippen molar-refractivity contribution >= 4 is 21.9 Å². The van der Waals surface area contributed by atoms with Crippen molar-refractivity contribution in [3.63, 3.8) is 0 Å². The summed E-state index contributed by atoms with van der Waals surface area (Å²) >= 11 is 3.51. The van der Waals surface area contributed by atoms with Gasteiger partial charge in [-0.05, 0) is 29.8 Å². The molecule has 0 radical (unpaired) electrons. The first kappa shape index (κ1) is 12.0. The van der Waals surface area contributed by atoms with E-state index >= 15 is 0 Å². The van der Waals surface area contributed by atoms with Crippen molar-refractivity contribution in [2.75, 3.05) is 19.0 Å². The van der Waals surface area contributed by atoms with Crippen LogP contribution in [0.1, 0.15) is 11.4 Å². The zero-order chi connectivity index (χ0) is 12.6. The van der Waals surface area contributed by atoms with Crippen LogP contribution >= 0.6 is 15.9 Å². The first-order valence-corrected chi connectivity index (χ1v) is 6.02. The van der Waals surface area contributed by atoms with Gasteiger partial charge in [-0.15, -0.1) is 0 Å². The van der Waals surface area contributed by atoms with E-state index in [1.165, 1.54) is 0 Å². The molecule has 2 rings (SSSR count). The second-order valence-corrected chi connectivity index (χ2v) is 4.80. The highest BCUT2D eigenvalue weighted by atomic mass is 79.9. The Bertz CT molecular complexity index is 547. The van der Waals surface area contributed by atoms with E-state index in [0.29, 0.717) is 5.95 Å². The minimum Gasteiger partial charge on any atom is -0.347 e.